The number of β-amino-alcohol motifs (C(OH)–C–C–N with tert-alkyl or cyclic N) is 1. The van der Waals surface area contributed by atoms with Gasteiger partial charge in [-0.1, -0.05) is 0 Å². The summed E-state index contributed by atoms with van der Waals surface area (Å²) in [7, 11) is 0. The minimum Gasteiger partial charge on any atom is -0.481 e. The first kappa shape index (κ1) is 11.4. The van der Waals surface area contributed by atoms with Gasteiger partial charge in [0.15, 0.2) is 0 Å². The predicted octanol–water partition coefficient (Wildman–Crippen LogP) is 0.0805. The van der Waals surface area contributed by atoms with Gasteiger partial charge in [-0.25, -0.2) is 0 Å². The summed E-state index contributed by atoms with van der Waals surface area (Å²) in [5.74, 6) is -1.27. The van der Waals surface area contributed by atoms with Crippen LogP contribution < -0.4 is 0 Å². The highest BCUT2D eigenvalue weighted by molar-refractivity contribution is 5.81. The molecule has 1 aliphatic heterocycles. The second-order valence-corrected chi connectivity index (χ2v) is 4.77. The van der Waals surface area contributed by atoms with Crippen LogP contribution in [-0.4, -0.2) is 46.2 Å². The standard InChI is InChI=1S/C11H17NO4/c13-9-3-4-12(6-9)10(14)7-1-2-8(5-7)11(15)16/h7-9,13H,1-6H2,(H,15,16)/t7?,8?,9-/m0/s1. The van der Waals surface area contributed by atoms with Crippen LogP contribution in [0.1, 0.15) is 25.7 Å². The number of nitrogens with zero attached hydrogens (tertiary/aromatic N) is 1. The second kappa shape index (κ2) is 4.41. The van der Waals surface area contributed by atoms with E-state index >= 15 is 0 Å². The number of hydrogen-bond acceptors (Lipinski definition) is 3. The van der Waals surface area contributed by atoms with E-state index in [4.69, 9.17) is 5.11 Å². The summed E-state index contributed by atoms with van der Waals surface area (Å²) in [4.78, 5) is 24.4. The minimum atomic E-state index is -0.795. The Balaban J connectivity index is 1.89. The Labute approximate surface area is 94.0 Å². The maximum Gasteiger partial charge on any atom is 0.306 e. The molecular weight excluding hydrogens is 210 g/mol. The Kier molecular flexibility index (Phi) is 3.14. The van der Waals surface area contributed by atoms with Crippen LogP contribution in [0.5, 0.6) is 0 Å². The van der Waals surface area contributed by atoms with Crippen LogP contribution in [0.2, 0.25) is 0 Å². The molecule has 0 aromatic carbocycles. The fraction of sp³-hybridized carbons (Fsp3) is 0.818. The normalized spacial score (nSPS) is 34.3. The van der Waals surface area contributed by atoms with Crippen LogP contribution in [0.4, 0.5) is 0 Å². The Morgan fingerprint density at radius 1 is 1.12 bits per heavy atom. The van der Waals surface area contributed by atoms with Crippen molar-refractivity contribution in [2.75, 3.05) is 13.1 Å². The highest BCUT2D eigenvalue weighted by Crippen LogP contribution is 2.33. The van der Waals surface area contributed by atoms with Crippen molar-refractivity contribution in [2.45, 2.75) is 31.8 Å². The number of aliphatic hydroxyl groups is 1. The summed E-state index contributed by atoms with van der Waals surface area (Å²) in [6.45, 7) is 1.02. The van der Waals surface area contributed by atoms with E-state index in [-0.39, 0.29) is 17.7 Å². The van der Waals surface area contributed by atoms with E-state index < -0.39 is 12.1 Å². The van der Waals surface area contributed by atoms with Gasteiger partial charge in [0.25, 0.3) is 0 Å². The van der Waals surface area contributed by atoms with Gasteiger partial charge in [-0.05, 0) is 25.7 Å². The van der Waals surface area contributed by atoms with Crippen molar-refractivity contribution in [2.24, 2.45) is 11.8 Å². The molecule has 1 aliphatic carbocycles. The Morgan fingerprint density at radius 3 is 2.31 bits per heavy atom. The van der Waals surface area contributed by atoms with Gasteiger partial charge in [-0.2, -0.15) is 0 Å². The fourth-order valence-corrected chi connectivity index (χ4v) is 2.63. The quantitative estimate of drug-likeness (QED) is 0.700. The number of hydrogen-bond donors (Lipinski definition) is 2. The van der Waals surface area contributed by atoms with Gasteiger partial charge in [-0.3, -0.25) is 9.59 Å². The maximum absolute atomic E-state index is 12.0. The molecule has 5 nitrogen and oxygen atoms in total. The molecule has 0 aromatic rings. The molecule has 2 rings (SSSR count). The third kappa shape index (κ3) is 2.19. The molecule has 0 aromatic heterocycles. The largest absolute Gasteiger partial charge is 0.481 e. The third-order valence-electron chi connectivity index (χ3n) is 3.61. The number of amides is 1. The first-order valence-corrected chi connectivity index (χ1v) is 5.77. The summed E-state index contributed by atoms with van der Waals surface area (Å²) in [5, 5.41) is 18.2. The van der Waals surface area contributed by atoms with Crippen molar-refractivity contribution >= 4 is 11.9 Å². The SMILES string of the molecule is O=C(O)C1CCC(C(=O)N2CC[C@H](O)C2)C1. The van der Waals surface area contributed by atoms with E-state index in [1.54, 1.807) is 4.90 Å². The predicted molar refractivity (Wildman–Crippen MR) is 55.7 cm³/mol. The van der Waals surface area contributed by atoms with Gasteiger partial charge in [-0.15, -0.1) is 0 Å². The topological polar surface area (TPSA) is 77.8 Å². The van der Waals surface area contributed by atoms with Crippen LogP contribution in [0.15, 0.2) is 0 Å². The van der Waals surface area contributed by atoms with Crippen molar-refractivity contribution in [3.05, 3.63) is 0 Å². The van der Waals surface area contributed by atoms with Crippen molar-refractivity contribution < 1.29 is 19.8 Å². The van der Waals surface area contributed by atoms with E-state index in [0.29, 0.717) is 38.8 Å². The number of aliphatic hydroxyl groups excluding tert-OH is 1. The van der Waals surface area contributed by atoms with Gasteiger partial charge >= 0.3 is 5.97 Å². The molecule has 1 heterocycles. The molecule has 2 fully saturated rings. The lowest BCUT2D eigenvalue weighted by Crippen LogP contribution is -2.34. The zero-order chi connectivity index (χ0) is 11.7. The van der Waals surface area contributed by atoms with E-state index in [2.05, 4.69) is 0 Å². The number of carboxylic acids is 1. The number of carbonyl (C=O) groups excluding carboxylic acids is 1. The number of aliphatic carboxylic acids is 1. The maximum atomic E-state index is 12.0. The smallest absolute Gasteiger partial charge is 0.306 e. The van der Waals surface area contributed by atoms with E-state index in [1.807, 2.05) is 0 Å². The van der Waals surface area contributed by atoms with Gasteiger partial charge in [0.05, 0.1) is 12.0 Å². The summed E-state index contributed by atoms with van der Waals surface area (Å²) in [6, 6.07) is 0. The Hall–Kier alpha value is -1.10. The summed E-state index contributed by atoms with van der Waals surface area (Å²) in [6.07, 6.45) is 1.96. The van der Waals surface area contributed by atoms with Crippen molar-refractivity contribution in [3.63, 3.8) is 0 Å². The zero-order valence-corrected chi connectivity index (χ0v) is 9.13. The molecule has 2 N–H and O–H groups in total. The number of carbonyl (C=O) groups is 2. The van der Waals surface area contributed by atoms with E-state index in [0.717, 1.165) is 0 Å². The van der Waals surface area contributed by atoms with Crippen LogP contribution >= 0.6 is 0 Å². The molecule has 90 valence electrons. The van der Waals surface area contributed by atoms with Crippen LogP contribution in [-0.2, 0) is 9.59 Å². The first-order chi connectivity index (χ1) is 7.58. The van der Waals surface area contributed by atoms with Crippen molar-refractivity contribution in [3.8, 4) is 0 Å². The van der Waals surface area contributed by atoms with Crippen molar-refractivity contribution in [1.82, 2.24) is 4.90 Å². The Bertz CT molecular complexity index is 304. The Morgan fingerprint density at radius 2 is 1.81 bits per heavy atom. The highest BCUT2D eigenvalue weighted by atomic mass is 16.4. The molecule has 3 atom stereocenters. The lowest BCUT2D eigenvalue weighted by molar-refractivity contribution is -0.141. The molecule has 1 saturated carbocycles. The summed E-state index contributed by atoms with van der Waals surface area (Å²) >= 11 is 0. The molecule has 0 bridgehead atoms. The lowest BCUT2D eigenvalue weighted by Gasteiger charge is -2.19. The molecule has 0 radical (unpaired) electrons. The van der Waals surface area contributed by atoms with Gasteiger partial charge < -0.3 is 15.1 Å². The van der Waals surface area contributed by atoms with E-state index in [9.17, 15) is 14.7 Å². The van der Waals surface area contributed by atoms with Crippen molar-refractivity contribution in [1.29, 1.82) is 0 Å². The lowest BCUT2D eigenvalue weighted by atomic mass is 10.0. The second-order valence-electron chi connectivity index (χ2n) is 4.77. The number of likely N-dealkylation sites (tertiary alicyclic amines) is 1. The fourth-order valence-electron chi connectivity index (χ4n) is 2.63. The zero-order valence-electron chi connectivity index (χ0n) is 9.13. The molecule has 0 spiro atoms. The average Bonchev–Trinajstić information content (AvgIpc) is 2.84. The molecular formula is C11H17NO4. The van der Waals surface area contributed by atoms with Gasteiger partial charge in [0, 0.05) is 19.0 Å². The van der Waals surface area contributed by atoms with E-state index in [1.165, 1.54) is 0 Å². The van der Waals surface area contributed by atoms with Gasteiger partial charge in [0.1, 0.15) is 0 Å². The first-order valence-electron chi connectivity index (χ1n) is 5.77. The molecule has 2 aliphatic rings. The summed E-state index contributed by atoms with van der Waals surface area (Å²) in [5.41, 5.74) is 0. The monoisotopic (exact) mass is 227 g/mol. The average molecular weight is 227 g/mol. The molecule has 1 amide bonds. The highest BCUT2D eigenvalue weighted by Gasteiger charge is 2.37. The molecule has 5 heteroatoms. The number of rotatable bonds is 2. The van der Waals surface area contributed by atoms with Crippen LogP contribution in [0.3, 0.4) is 0 Å². The molecule has 1 saturated heterocycles. The third-order valence-corrected chi connectivity index (χ3v) is 3.61. The molecule has 16 heavy (non-hydrogen) atoms. The molecule has 2 unspecified atom stereocenters. The summed E-state index contributed by atoms with van der Waals surface area (Å²) < 4.78 is 0. The number of carboxylic acid groups (broad SMARTS) is 1. The van der Waals surface area contributed by atoms with Crippen LogP contribution in [0.25, 0.3) is 0 Å². The minimum absolute atomic E-state index is 0.0281. The van der Waals surface area contributed by atoms with Gasteiger partial charge in [0.2, 0.25) is 5.91 Å². The van der Waals surface area contributed by atoms with Crippen LogP contribution in [0, 0.1) is 11.8 Å².